The molecule has 7 nitrogen and oxygen atoms in total. The molecule has 0 aliphatic carbocycles. The summed E-state index contributed by atoms with van der Waals surface area (Å²) in [4.78, 5) is 24.9. The van der Waals surface area contributed by atoms with Crippen LogP contribution in [0.15, 0.2) is 48.5 Å². The average Bonchev–Trinajstić information content (AvgIpc) is 2.73. The first-order chi connectivity index (χ1) is 13.9. The van der Waals surface area contributed by atoms with Crippen LogP contribution in [0.4, 0.5) is 10.5 Å². The number of amides is 2. The van der Waals surface area contributed by atoms with E-state index in [1.807, 2.05) is 24.0 Å². The summed E-state index contributed by atoms with van der Waals surface area (Å²) in [6.07, 6.45) is 3.98. The minimum absolute atomic E-state index is 0.0260. The number of piperidine rings is 1. The summed E-state index contributed by atoms with van der Waals surface area (Å²) in [6.45, 7) is 3.27. The third-order valence-corrected chi connectivity index (χ3v) is 5.60. The Kier molecular flexibility index (Phi) is 6.69. The SMILES string of the molecule is CC(NC(=O)N1CCC(CCc2ccc(O)cc2)CC1)c1cccc([N+](=O)[O-])c1. The molecular weight excluding hydrogens is 370 g/mol. The lowest BCUT2D eigenvalue weighted by molar-refractivity contribution is -0.384. The van der Waals surface area contributed by atoms with E-state index in [1.165, 1.54) is 17.7 Å². The summed E-state index contributed by atoms with van der Waals surface area (Å²) < 4.78 is 0. The second-order valence-electron chi connectivity index (χ2n) is 7.66. The molecule has 2 N–H and O–H groups in total. The van der Waals surface area contributed by atoms with Crippen molar-refractivity contribution >= 4 is 11.7 Å². The fraction of sp³-hybridized carbons (Fsp3) is 0.409. The Morgan fingerprint density at radius 2 is 1.93 bits per heavy atom. The van der Waals surface area contributed by atoms with Crippen LogP contribution in [0.1, 0.15) is 43.4 Å². The van der Waals surface area contributed by atoms with Crippen molar-refractivity contribution in [3.63, 3.8) is 0 Å². The van der Waals surface area contributed by atoms with Gasteiger partial charge in [0.1, 0.15) is 5.75 Å². The Morgan fingerprint density at radius 3 is 2.59 bits per heavy atom. The molecule has 0 radical (unpaired) electrons. The number of aryl methyl sites for hydroxylation is 1. The lowest BCUT2D eigenvalue weighted by Gasteiger charge is -2.33. The average molecular weight is 397 g/mol. The van der Waals surface area contributed by atoms with Gasteiger partial charge < -0.3 is 15.3 Å². The molecule has 0 saturated carbocycles. The molecule has 1 aliphatic heterocycles. The fourth-order valence-corrected chi connectivity index (χ4v) is 3.73. The van der Waals surface area contributed by atoms with Gasteiger partial charge in [0.05, 0.1) is 11.0 Å². The van der Waals surface area contributed by atoms with Crippen LogP contribution in [-0.2, 0) is 6.42 Å². The van der Waals surface area contributed by atoms with Gasteiger partial charge in [-0.3, -0.25) is 10.1 Å². The Bertz CT molecular complexity index is 845. The van der Waals surface area contributed by atoms with E-state index in [9.17, 15) is 20.0 Å². The van der Waals surface area contributed by atoms with Gasteiger partial charge in [0, 0.05) is 25.2 Å². The van der Waals surface area contributed by atoms with Gasteiger partial charge in [-0.1, -0.05) is 24.3 Å². The van der Waals surface area contributed by atoms with Crippen molar-refractivity contribution < 1.29 is 14.8 Å². The number of urea groups is 1. The van der Waals surface area contributed by atoms with Gasteiger partial charge in [-0.25, -0.2) is 4.79 Å². The van der Waals surface area contributed by atoms with E-state index < -0.39 is 4.92 Å². The molecule has 1 atom stereocenters. The minimum Gasteiger partial charge on any atom is -0.508 e. The molecule has 1 aliphatic rings. The first-order valence-electron chi connectivity index (χ1n) is 10.00. The van der Waals surface area contributed by atoms with Crippen LogP contribution in [0.25, 0.3) is 0 Å². The summed E-state index contributed by atoms with van der Waals surface area (Å²) in [6, 6.07) is 13.3. The van der Waals surface area contributed by atoms with Crippen molar-refractivity contribution in [2.24, 2.45) is 5.92 Å². The van der Waals surface area contributed by atoms with Crippen molar-refractivity contribution in [1.82, 2.24) is 10.2 Å². The maximum absolute atomic E-state index is 12.6. The maximum Gasteiger partial charge on any atom is 0.317 e. The monoisotopic (exact) mass is 397 g/mol. The molecule has 29 heavy (non-hydrogen) atoms. The molecule has 1 fully saturated rings. The Labute approximate surface area is 170 Å². The van der Waals surface area contributed by atoms with Gasteiger partial charge in [0.15, 0.2) is 0 Å². The molecule has 1 unspecified atom stereocenters. The van der Waals surface area contributed by atoms with E-state index in [0.29, 0.717) is 19.0 Å². The predicted molar refractivity (Wildman–Crippen MR) is 111 cm³/mol. The molecule has 0 spiro atoms. The lowest BCUT2D eigenvalue weighted by Crippen LogP contribution is -2.45. The quantitative estimate of drug-likeness (QED) is 0.557. The van der Waals surface area contributed by atoms with Crippen LogP contribution < -0.4 is 5.32 Å². The number of aromatic hydroxyl groups is 1. The molecular formula is C22H27N3O4. The zero-order valence-corrected chi connectivity index (χ0v) is 16.6. The number of benzene rings is 2. The number of phenolic OH excluding ortho intramolecular Hbond substituents is 1. The second kappa shape index (κ2) is 9.41. The second-order valence-corrected chi connectivity index (χ2v) is 7.66. The number of nitrogens with one attached hydrogen (secondary N) is 1. The Morgan fingerprint density at radius 1 is 1.24 bits per heavy atom. The van der Waals surface area contributed by atoms with Gasteiger partial charge in [-0.05, 0) is 61.8 Å². The maximum atomic E-state index is 12.6. The van der Waals surface area contributed by atoms with Gasteiger partial charge in [0.25, 0.3) is 5.69 Å². The molecule has 0 bridgehead atoms. The van der Waals surface area contributed by atoms with Gasteiger partial charge in [-0.2, -0.15) is 0 Å². The highest BCUT2D eigenvalue weighted by Crippen LogP contribution is 2.24. The molecule has 0 aromatic heterocycles. The minimum atomic E-state index is -0.430. The highest BCUT2D eigenvalue weighted by atomic mass is 16.6. The van der Waals surface area contributed by atoms with Crippen LogP contribution in [0.2, 0.25) is 0 Å². The molecule has 7 heteroatoms. The zero-order valence-electron chi connectivity index (χ0n) is 16.6. The summed E-state index contributed by atoms with van der Waals surface area (Å²) in [5.41, 5.74) is 1.96. The van der Waals surface area contributed by atoms with Crippen molar-refractivity contribution in [1.29, 1.82) is 0 Å². The molecule has 1 saturated heterocycles. The van der Waals surface area contributed by atoms with Gasteiger partial charge >= 0.3 is 6.03 Å². The molecule has 154 valence electrons. The molecule has 2 aromatic rings. The first-order valence-corrected chi connectivity index (χ1v) is 10.00. The molecule has 1 heterocycles. The van der Waals surface area contributed by atoms with Crippen molar-refractivity contribution in [3.8, 4) is 5.75 Å². The largest absolute Gasteiger partial charge is 0.508 e. The topological polar surface area (TPSA) is 95.7 Å². The molecule has 2 aromatic carbocycles. The van der Waals surface area contributed by atoms with Crippen LogP contribution in [0.5, 0.6) is 5.75 Å². The standard InChI is InChI=1S/C22H27N3O4/c1-16(19-3-2-4-20(15-19)25(28)29)23-22(27)24-13-11-18(12-14-24)6-5-17-7-9-21(26)10-8-17/h2-4,7-10,15-16,18,26H,5-6,11-14H2,1H3,(H,23,27). The van der Waals surface area contributed by atoms with E-state index in [1.54, 1.807) is 24.3 Å². The summed E-state index contributed by atoms with van der Waals surface area (Å²) in [7, 11) is 0. The third-order valence-electron chi connectivity index (χ3n) is 5.60. The van der Waals surface area contributed by atoms with Crippen LogP contribution in [-0.4, -0.2) is 34.1 Å². The van der Waals surface area contributed by atoms with Crippen LogP contribution >= 0.6 is 0 Å². The summed E-state index contributed by atoms with van der Waals surface area (Å²) >= 11 is 0. The van der Waals surface area contributed by atoms with Gasteiger partial charge in [-0.15, -0.1) is 0 Å². The van der Waals surface area contributed by atoms with Crippen molar-refractivity contribution in [3.05, 3.63) is 69.8 Å². The number of carbonyl (C=O) groups excluding carboxylic acids is 1. The Hall–Kier alpha value is -3.09. The summed E-state index contributed by atoms with van der Waals surface area (Å²) in [5.74, 6) is 0.870. The molecule has 2 amide bonds. The van der Waals surface area contributed by atoms with Crippen LogP contribution in [0, 0.1) is 16.0 Å². The normalized spacial score (nSPS) is 15.7. The lowest BCUT2D eigenvalue weighted by atomic mass is 9.90. The number of nitro groups is 1. The van der Waals surface area contributed by atoms with E-state index in [0.717, 1.165) is 31.2 Å². The number of hydrogen-bond donors (Lipinski definition) is 2. The van der Waals surface area contributed by atoms with E-state index in [2.05, 4.69) is 5.32 Å². The number of rotatable bonds is 6. The predicted octanol–water partition coefficient (Wildman–Crippen LogP) is 4.42. The van der Waals surface area contributed by atoms with E-state index >= 15 is 0 Å². The number of likely N-dealkylation sites (tertiary alicyclic amines) is 1. The number of carbonyl (C=O) groups is 1. The highest BCUT2D eigenvalue weighted by Gasteiger charge is 2.24. The third kappa shape index (κ3) is 5.70. The Balaban J connectivity index is 1.45. The molecule has 3 rings (SSSR count). The number of non-ortho nitro benzene ring substituents is 1. The number of phenols is 1. The van der Waals surface area contributed by atoms with Crippen LogP contribution in [0.3, 0.4) is 0 Å². The van der Waals surface area contributed by atoms with Gasteiger partial charge in [0.2, 0.25) is 0 Å². The zero-order chi connectivity index (χ0) is 20.8. The van der Waals surface area contributed by atoms with Crippen molar-refractivity contribution in [2.45, 2.75) is 38.6 Å². The highest BCUT2D eigenvalue weighted by molar-refractivity contribution is 5.74. The van der Waals surface area contributed by atoms with Crippen molar-refractivity contribution in [2.75, 3.05) is 13.1 Å². The number of nitrogens with zero attached hydrogens (tertiary/aromatic N) is 2. The summed E-state index contributed by atoms with van der Waals surface area (Å²) in [5, 5.41) is 23.2. The van der Waals surface area contributed by atoms with E-state index in [-0.39, 0.29) is 23.5 Å². The number of hydrogen-bond acceptors (Lipinski definition) is 4. The first kappa shape index (κ1) is 20.6. The number of nitro benzene ring substituents is 1. The fourth-order valence-electron chi connectivity index (χ4n) is 3.73. The van der Waals surface area contributed by atoms with E-state index in [4.69, 9.17) is 0 Å². The smallest absolute Gasteiger partial charge is 0.317 e.